The van der Waals surface area contributed by atoms with Crippen molar-refractivity contribution in [3.63, 3.8) is 0 Å². The first-order chi connectivity index (χ1) is 14.6. The topological polar surface area (TPSA) is 53.4 Å². The summed E-state index contributed by atoms with van der Waals surface area (Å²) in [5, 5.41) is 9.43. The van der Waals surface area contributed by atoms with E-state index in [1.54, 1.807) is 18.5 Å². The first-order valence-corrected chi connectivity index (χ1v) is 10.7. The van der Waals surface area contributed by atoms with Gasteiger partial charge in [-0.2, -0.15) is 0 Å². The van der Waals surface area contributed by atoms with Crippen LogP contribution in [-0.4, -0.2) is 28.0 Å². The largest absolute Gasteiger partial charge is 0.478 e. The molecule has 1 N–H and O–H groups in total. The molecule has 1 fully saturated rings. The molecule has 0 unspecified atom stereocenters. The van der Waals surface area contributed by atoms with Crippen molar-refractivity contribution in [1.29, 1.82) is 0 Å². The summed E-state index contributed by atoms with van der Waals surface area (Å²) < 4.78 is 0. The Kier molecular flexibility index (Phi) is 4.87. The average molecular weight is 399 g/mol. The molecule has 4 nitrogen and oxygen atoms in total. The molecule has 1 saturated carbocycles. The number of carbonyl (C=O) groups is 1. The number of pyridine rings is 1. The number of benzene rings is 2. The number of hydrogen-bond donors (Lipinski definition) is 1. The molecule has 1 aliphatic carbocycles. The Morgan fingerprint density at radius 1 is 1.13 bits per heavy atom. The van der Waals surface area contributed by atoms with E-state index in [0.29, 0.717) is 18.0 Å². The molecular formula is C26H26N2O2. The molecular weight excluding hydrogens is 372 g/mol. The highest BCUT2D eigenvalue weighted by atomic mass is 16.4. The minimum Gasteiger partial charge on any atom is -0.478 e. The van der Waals surface area contributed by atoms with Gasteiger partial charge in [0.15, 0.2) is 0 Å². The second-order valence-electron chi connectivity index (χ2n) is 8.58. The van der Waals surface area contributed by atoms with Crippen molar-refractivity contribution in [1.82, 2.24) is 9.88 Å². The van der Waals surface area contributed by atoms with Gasteiger partial charge in [0.25, 0.3) is 0 Å². The summed E-state index contributed by atoms with van der Waals surface area (Å²) in [6.45, 7) is 0.929. The van der Waals surface area contributed by atoms with E-state index >= 15 is 0 Å². The lowest BCUT2D eigenvalue weighted by atomic mass is 9.92. The Morgan fingerprint density at radius 2 is 1.97 bits per heavy atom. The van der Waals surface area contributed by atoms with Crippen LogP contribution in [0.4, 0.5) is 0 Å². The summed E-state index contributed by atoms with van der Waals surface area (Å²) in [6, 6.07) is 17.6. The van der Waals surface area contributed by atoms with E-state index in [2.05, 4.69) is 59.4 Å². The maximum absolute atomic E-state index is 11.5. The third kappa shape index (κ3) is 3.52. The molecule has 0 radical (unpaired) electrons. The summed E-state index contributed by atoms with van der Waals surface area (Å²) in [5.41, 5.74) is 8.08. The highest BCUT2D eigenvalue weighted by Gasteiger charge is 2.29. The van der Waals surface area contributed by atoms with E-state index in [0.717, 1.165) is 24.4 Å². The molecule has 5 rings (SSSR count). The van der Waals surface area contributed by atoms with Crippen LogP contribution in [0.3, 0.4) is 0 Å². The van der Waals surface area contributed by atoms with Gasteiger partial charge in [-0.15, -0.1) is 0 Å². The van der Waals surface area contributed by atoms with E-state index in [1.165, 1.54) is 40.7 Å². The predicted molar refractivity (Wildman–Crippen MR) is 118 cm³/mol. The van der Waals surface area contributed by atoms with Crippen molar-refractivity contribution >= 4 is 5.97 Å². The highest BCUT2D eigenvalue weighted by molar-refractivity contribution is 5.89. The number of carboxylic acids is 1. The normalized spacial score (nSPS) is 18.4. The Bertz CT molecular complexity index is 1100. The van der Waals surface area contributed by atoms with Crippen LogP contribution in [0.5, 0.6) is 0 Å². The number of aryl methyl sites for hydroxylation is 1. The highest BCUT2D eigenvalue weighted by Crippen LogP contribution is 2.45. The number of fused-ring (bicyclic) bond motifs is 1. The third-order valence-corrected chi connectivity index (χ3v) is 6.56. The number of rotatable bonds is 6. The van der Waals surface area contributed by atoms with E-state index in [4.69, 9.17) is 0 Å². The lowest BCUT2D eigenvalue weighted by Gasteiger charge is -2.20. The quantitative estimate of drug-likeness (QED) is 0.600. The molecule has 1 aromatic heterocycles. The molecule has 2 aliphatic rings. The standard InChI is InChI=1S/C26H26N2O2/c1-28-16-20-14-18(22-5-3-2-4-21(22)17-6-7-17)8-10-23(20)25(28)11-9-19-15-27-13-12-24(19)26(29)30/h2-5,8,10,12-15,17,25H,6-7,9,11,16H2,1H3,(H,29,30)/t25-/m1/s1. The van der Waals surface area contributed by atoms with Gasteiger partial charge in [-0.1, -0.05) is 36.4 Å². The summed E-state index contributed by atoms with van der Waals surface area (Å²) in [4.78, 5) is 18.0. The molecule has 0 saturated heterocycles. The van der Waals surface area contributed by atoms with Crippen molar-refractivity contribution in [2.24, 2.45) is 0 Å². The van der Waals surface area contributed by atoms with Crippen molar-refractivity contribution in [2.75, 3.05) is 7.05 Å². The molecule has 152 valence electrons. The number of aromatic nitrogens is 1. The van der Waals surface area contributed by atoms with E-state index in [1.807, 2.05) is 0 Å². The third-order valence-electron chi connectivity index (χ3n) is 6.56. The minimum absolute atomic E-state index is 0.301. The molecule has 30 heavy (non-hydrogen) atoms. The Labute approximate surface area is 177 Å². The molecule has 0 amide bonds. The molecule has 4 heteroatoms. The number of nitrogens with zero attached hydrogens (tertiary/aromatic N) is 2. The Hall–Kier alpha value is -2.98. The number of carboxylic acid groups (broad SMARTS) is 1. The van der Waals surface area contributed by atoms with Crippen LogP contribution in [0, 0.1) is 0 Å². The Morgan fingerprint density at radius 3 is 2.77 bits per heavy atom. The van der Waals surface area contributed by atoms with E-state index < -0.39 is 5.97 Å². The van der Waals surface area contributed by atoms with Gasteiger partial charge in [0, 0.05) is 25.0 Å². The lowest BCUT2D eigenvalue weighted by molar-refractivity contribution is 0.0695. The summed E-state index contributed by atoms with van der Waals surface area (Å²) in [7, 11) is 2.16. The van der Waals surface area contributed by atoms with Crippen molar-refractivity contribution in [3.05, 3.63) is 88.7 Å². The fourth-order valence-corrected chi connectivity index (χ4v) is 4.86. The SMILES string of the molecule is CN1Cc2cc(-c3ccccc3C3CC3)ccc2[C@H]1CCc1cnccc1C(=O)O. The van der Waals surface area contributed by atoms with Crippen LogP contribution in [0.2, 0.25) is 0 Å². The lowest BCUT2D eigenvalue weighted by Crippen LogP contribution is -2.17. The molecule has 1 aliphatic heterocycles. The minimum atomic E-state index is -0.883. The summed E-state index contributed by atoms with van der Waals surface area (Å²) in [6.07, 6.45) is 7.44. The molecule has 2 aromatic carbocycles. The predicted octanol–water partition coefficient (Wildman–Crippen LogP) is 5.44. The molecule has 1 atom stereocenters. The monoisotopic (exact) mass is 398 g/mol. The zero-order chi connectivity index (χ0) is 20.7. The van der Waals surface area contributed by atoms with E-state index in [-0.39, 0.29) is 0 Å². The van der Waals surface area contributed by atoms with Gasteiger partial charge < -0.3 is 5.11 Å². The number of aromatic carboxylic acids is 1. The van der Waals surface area contributed by atoms with Crippen molar-refractivity contribution < 1.29 is 9.90 Å². The maximum atomic E-state index is 11.5. The fraction of sp³-hybridized carbons (Fsp3) is 0.308. The van der Waals surface area contributed by atoms with Gasteiger partial charge in [0.2, 0.25) is 0 Å². The summed E-state index contributed by atoms with van der Waals surface area (Å²) >= 11 is 0. The molecule has 0 bridgehead atoms. The van der Waals surface area contributed by atoms with Gasteiger partial charge in [0.1, 0.15) is 0 Å². The smallest absolute Gasteiger partial charge is 0.336 e. The van der Waals surface area contributed by atoms with E-state index in [9.17, 15) is 9.90 Å². The first kappa shape index (κ1) is 19.0. The fourth-order valence-electron chi connectivity index (χ4n) is 4.86. The van der Waals surface area contributed by atoms with Gasteiger partial charge in [-0.05, 0) is 84.2 Å². The summed E-state index contributed by atoms with van der Waals surface area (Å²) in [5.74, 6) is -0.153. The van der Waals surface area contributed by atoms with Crippen molar-refractivity contribution in [2.45, 2.75) is 44.2 Å². The van der Waals surface area contributed by atoms with Crippen LogP contribution in [0.1, 0.15) is 63.8 Å². The van der Waals surface area contributed by atoms with Crippen LogP contribution < -0.4 is 0 Å². The second-order valence-corrected chi connectivity index (χ2v) is 8.58. The van der Waals surface area contributed by atoms with Crippen molar-refractivity contribution in [3.8, 4) is 11.1 Å². The Balaban J connectivity index is 1.40. The van der Waals surface area contributed by atoms with Gasteiger partial charge >= 0.3 is 5.97 Å². The van der Waals surface area contributed by atoms with Crippen LogP contribution in [0.15, 0.2) is 60.9 Å². The second kappa shape index (κ2) is 7.69. The molecule has 0 spiro atoms. The van der Waals surface area contributed by atoms with Crippen LogP contribution in [0.25, 0.3) is 11.1 Å². The average Bonchev–Trinajstić information content (AvgIpc) is 3.55. The van der Waals surface area contributed by atoms with Crippen LogP contribution in [-0.2, 0) is 13.0 Å². The van der Waals surface area contributed by atoms with Gasteiger partial charge in [-0.3, -0.25) is 9.88 Å². The maximum Gasteiger partial charge on any atom is 0.336 e. The van der Waals surface area contributed by atoms with Crippen LogP contribution >= 0.6 is 0 Å². The van der Waals surface area contributed by atoms with Gasteiger partial charge in [-0.25, -0.2) is 4.79 Å². The molecule has 2 heterocycles. The molecule has 3 aromatic rings. The zero-order valence-electron chi connectivity index (χ0n) is 17.2. The number of hydrogen-bond acceptors (Lipinski definition) is 3. The van der Waals surface area contributed by atoms with Gasteiger partial charge in [0.05, 0.1) is 5.56 Å². The zero-order valence-corrected chi connectivity index (χ0v) is 17.2. The first-order valence-electron chi connectivity index (χ1n) is 10.7.